The number of hydrogen-bond acceptors (Lipinski definition) is 7. The summed E-state index contributed by atoms with van der Waals surface area (Å²) in [5.41, 5.74) is 0.898. The van der Waals surface area contributed by atoms with Crippen LogP contribution in [0.15, 0.2) is 24.9 Å². The molecule has 3 aromatic rings. The van der Waals surface area contributed by atoms with Gasteiger partial charge in [0.25, 0.3) is 5.91 Å². The zero-order chi connectivity index (χ0) is 17.4. The number of aryl methyl sites for hydroxylation is 1. The van der Waals surface area contributed by atoms with Crippen molar-refractivity contribution in [2.75, 3.05) is 13.7 Å². The Morgan fingerprint density at radius 1 is 1.40 bits per heavy atom. The van der Waals surface area contributed by atoms with Crippen molar-refractivity contribution in [3.05, 3.63) is 35.6 Å². The maximum absolute atomic E-state index is 13.0. The van der Waals surface area contributed by atoms with Gasteiger partial charge in [0, 0.05) is 38.9 Å². The van der Waals surface area contributed by atoms with Crippen LogP contribution in [0.3, 0.4) is 0 Å². The summed E-state index contributed by atoms with van der Waals surface area (Å²) >= 11 is 1.36. The summed E-state index contributed by atoms with van der Waals surface area (Å²) in [6.45, 7) is 0.515. The van der Waals surface area contributed by atoms with E-state index in [1.165, 1.54) is 17.7 Å². The van der Waals surface area contributed by atoms with E-state index in [0.717, 1.165) is 10.6 Å². The molecule has 1 fully saturated rings. The van der Waals surface area contributed by atoms with Crippen LogP contribution < -0.4 is 0 Å². The molecule has 4 heterocycles. The van der Waals surface area contributed by atoms with Crippen molar-refractivity contribution in [1.29, 1.82) is 0 Å². The molecular weight excluding hydrogens is 342 g/mol. The SMILES string of the molecule is CO[C@@H]1C[C@@H](c2ncn[nH]2)N(C(=O)c2cnc(-c3cnn(C)c3)s2)C1. The Morgan fingerprint density at radius 3 is 2.96 bits per heavy atom. The first kappa shape index (κ1) is 15.9. The summed E-state index contributed by atoms with van der Waals surface area (Å²) in [6.07, 6.45) is 7.34. The van der Waals surface area contributed by atoms with Gasteiger partial charge < -0.3 is 9.64 Å². The molecule has 1 N–H and O–H groups in total. The molecule has 9 nitrogen and oxygen atoms in total. The lowest BCUT2D eigenvalue weighted by atomic mass is 10.2. The zero-order valence-corrected chi connectivity index (χ0v) is 14.6. The van der Waals surface area contributed by atoms with Crippen molar-refractivity contribution >= 4 is 17.2 Å². The lowest BCUT2D eigenvalue weighted by molar-refractivity contribution is 0.0689. The fraction of sp³-hybridized carbons (Fsp3) is 0.400. The van der Waals surface area contributed by atoms with Gasteiger partial charge in [0.1, 0.15) is 22.0 Å². The first-order chi connectivity index (χ1) is 12.2. The monoisotopic (exact) mass is 359 g/mol. The second-order valence-corrected chi connectivity index (χ2v) is 6.90. The van der Waals surface area contributed by atoms with Gasteiger partial charge in [0.2, 0.25) is 0 Å². The number of nitrogens with one attached hydrogen (secondary N) is 1. The maximum Gasteiger partial charge on any atom is 0.266 e. The third-order valence-electron chi connectivity index (χ3n) is 4.27. The number of nitrogens with zero attached hydrogens (tertiary/aromatic N) is 6. The lowest BCUT2D eigenvalue weighted by Crippen LogP contribution is -2.32. The number of carbonyl (C=O) groups excluding carboxylic acids is 1. The summed E-state index contributed by atoms with van der Waals surface area (Å²) in [6, 6.07) is -0.177. The van der Waals surface area contributed by atoms with Crippen molar-refractivity contribution in [2.45, 2.75) is 18.6 Å². The van der Waals surface area contributed by atoms with E-state index in [-0.39, 0.29) is 18.1 Å². The summed E-state index contributed by atoms with van der Waals surface area (Å²) in [5, 5.41) is 11.7. The Labute approximate surface area is 147 Å². The van der Waals surface area contributed by atoms with Gasteiger partial charge in [-0.1, -0.05) is 0 Å². The first-order valence-corrected chi connectivity index (χ1v) is 8.61. The van der Waals surface area contributed by atoms with Gasteiger partial charge >= 0.3 is 0 Å². The van der Waals surface area contributed by atoms with E-state index in [0.29, 0.717) is 23.7 Å². The van der Waals surface area contributed by atoms with Gasteiger partial charge in [-0.2, -0.15) is 10.2 Å². The van der Waals surface area contributed by atoms with Crippen molar-refractivity contribution in [2.24, 2.45) is 7.05 Å². The molecule has 1 aliphatic rings. The Bertz CT molecular complexity index is 872. The minimum absolute atomic E-state index is 0.0234. The smallest absolute Gasteiger partial charge is 0.266 e. The molecule has 1 saturated heterocycles. The minimum atomic E-state index is -0.177. The van der Waals surface area contributed by atoms with Crippen molar-refractivity contribution < 1.29 is 9.53 Å². The quantitative estimate of drug-likeness (QED) is 0.752. The molecule has 0 unspecified atom stereocenters. The van der Waals surface area contributed by atoms with E-state index in [4.69, 9.17) is 4.74 Å². The number of ether oxygens (including phenoxy) is 1. The van der Waals surface area contributed by atoms with Gasteiger partial charge in [-0.15, -0.1) is 11.3 Å². The number of rotatable bonds is 4. The summed E-state index contributed by atoms with van der Waals surface area (Å²) in [5.74, 6) is 0.596. The van der Waals surface area contributed by atoms with Crippen LogP contribution in [0.25, 0.3) is 10.6 Å². The Hall–Kier alpha value is -2.59. The van der Waals surface area contributed by atoms with Gasteiger partial charge in [0.15, 0.2) is 0 Å². The number of H-pyrrole nitrogens is 1. The molecule has 4 rings (SSSR count). The third kappa shape index (κ3) is 2.94. The number of aromatic nitrogens is 6. The molecule has 130 valence electrons. The van der Waals surface area contributed by atoms with E-state index in [1.807, 2.05) is 13.2 Å². The fourth-order valence-electron chi connectivity index (χ4n) is 3.01. The largest absolute Gasteiger partial charge is 0.380 e. The number of carbonyl (C=O) groups is 1. The van der Waals surface area contributed by atoms with E-state index < -0.39 is 0 Å². The highest BCUT2D eigenvalue weighted by Crippen LogP contribution is 2.34. The average molecular weight is 359 g/mol. The first-order valence-electron chi connectivity index (χ1n) is 7.79. The van der Waals surface area contributed by atoms with Crippen LogP contribution in [0.5, 0.6) is 0 Å². The molecule has 0 radical (unpaired) electrons. The number of methoxy groups -OCH3 is 1. The standard InChI is InChI=1S/C15H17N7O2S/c1-21-6-9(4-19-21)14-16-5-12(25-14)15(23)22-7-10(24-2)3-11(22)13-17-8-18-20-13/h4-6,8,10-11H,3,7H2,1-2H3,(H,17,18,20)/t10-,11+/m1/s1. The molecule has 2 atom stereocenters. The molecule has 25 heavy (non-hydrogen) atoms. The number of hydrogen-bond donors (Lipinski definition) is 1. The molecular formula is C15H17N7O2S. The highest BCUT2D eigenvalue weighted by atomic mass is 32.1. The van der Waals surface area contributed by atoms with Gasteiger partial charge in [-0.05, 0) is 0 Å². The summed E-state index contributed by atoms with van der Waals surface area (Å²) in [7, 11) is 3.50. The average Bonchev–Trinajstić information content (AvgIpc) is 3.37. The van der Waals surface area contributed by atoms with Crippen molar-refractivity contribution in [3.63, 3.8) is 0 Å². The van der Waals surface area contributed by atoms with E-state index in [1.54, 1.807) is 29.1 Å². The molecule has 0 bridgehead atoms. The number of amides is 1. The number of aromatic amines is 1. The van der Waals surface area contributed by atoms with E-state index >= 15 is 0 Å². The molecule has 0 aromatic carbocycles. The topological polar surface area (TPSA) is 102 Å². The Balaban J connectivity index is 1.60. The van der Waals surface area contributed by atoms with Crippen LogP contribution in [0.1, 0.15) is 28.0 Å². The van der Waals surface area contributed by atoms with Crippen LogP contribution in [0.2, 0.25) is 0 Å². The predicted molar refractivity (Wildman–Crippen MR) is 89.9 cm³/mol. The fourth-order valence-corrected chi connectivity index (χ4v) is 3.85. The van der Waals surface area contributed by atoms with Crippen LogP contribution in [0.4, 0.5) is 0 Å². The van der Waals surface area contributed by atoms with Gasteiger partial charge in [0.05, 0.1) is 24.5 Å². The lowest BCUT2D eigenvalue weighted by Gasteiger charge is -2.21. The van der Waals surface area contributed by atoms with Crippen LogP contribution >= 0.6 is 11.3 Å². The molecule has 0 saturated carbocycles. The molecule has 1 amide bonds. The molecule has 3 aromatic heterocycles. The van der Waals surface area contributed by atoms with Crippen molar-refractivity contribution in [3.8, 4) is 10.6 Å². The van der Waals surface area contributed by atoms with E-state index in [2.05, 4.69) is 25.3 Å². The van der Waals surface area contributed by atoms with E-state index in [9.17, 15) is 4.79 Å². The molecule has 0 spiro atoms. The second kappa shape index (κ2) is 6.37. The highest BCUT2D eigenvalue weighted by Gasteiger charge is 2.38. The van der Waals surface area contributed by atoms with Crippen LogP contribution in [0, 0.1) is 0 Å². The third-order valence-corrected chi connectivity index (χ3v) is 5.31. The van der Waals surface area contributed by atoms with Gasteiger partial charge in [-0.3, -0.25) is 14.6 Å². The Kier molecular flexibility index (Phi) is 4.06. The number of likely N-dealkylation sites (tertiary alicyclic amines) is 1. The second-order valence-electron chi connectivity index (χ2n) is 5.87. The molecule has 0 aliphatic carbocycles. The number of thiazole rings is 1. The van der Waals surface area contributed by atoms with Crippen LogP contribution in [-0.2, 0) is 11.8 Å². The summed E-state index contributed by atoms with van der Waals surface area (Å²) in [4.78, 5) is 24.0. The predicted octanol–water partition coefficient (Wildman–Crippen LogP) is 1.26. The normalized spacial score (nSPS) is 20.3. The zero-order valence-electron chi connectivity index (χ0n) is 13.8. The molecule has 10 heteroatoms. The van der Waals surface area contributed by atoms with Crippen LogP contribution in [-0.4, -0.2) is 60.5 Å². The molecule has 1 aliphatic heterocycles. The van der Waals surface area contributed by atoms with Crippen molar-refractivity contribution in [1.82, 2.24) is 34.8 Å². The minimum Gasteiger partial charge on any atom is -0.380 e. The maximum atomic E-state index is 13.0. The Morgan fingerprint density at radius 2 is 2.28 bits per heavy atom. The highest BCUT2D eigenvalue weighted by molar-refractivity contribution is 7.16. The van der Waals surface area contributed by atoms with Gasteiger partial charge in [-0.25, -0.2) is 9.97 Å². The summed E-state index contributed by atoms with van der Waals surface area (Å²) < 4.78 is 7.16.